The highest BCUT2D eigenvalue weighted by Crippen LogP contribution is 2.40. The molecule has 6 heteroatoms. The van der Waals surface area contributed by atoms with Gasteiger partial charge in [0.05, 0.1) is 17.0 Å². The van der Waals surface area contributed by atoms with E-state index in [-0.39, 0.29) is 5.78 Å². The number of para-hydroxylation sites is 1. The molecule has 1 saturated carbocycles. The van der Waals surface area contributed by atoms with Crippen molar-refractivity contribution in [1.29, 1.82) is 0 Å². The Kier molecular flexibility index (Phi) is 4.95. The largest absolute Gasteiger partial charge is 0.354 e. The molecular formula is C24H24N4OS. The summed E-state index contributed by atoms with van der Waals surface area (Å²) in [5.41, 5.74) is 3.64. The molecular weight excluding hydrogens is 392 g/mol. The number of nitrogens with zero attached hydrogens (tertiary/aromatic N) is 3. The second-order valence-corrected chi connectivity index (χ2v) is 9.04. The van der Waals surface area contributed by atoms with Gasteiger partial charge in [0.25, 0.3) is 0 Å². The fourth-order valence-corrected chi connectivity index (χ4v) is 4.80. The minimum absolute atomic E-state index is 0.104. The summed E-state index contributed by atoms with van der Waals surface area (Å²) in [5, 5.41) is 10.6. The summed E-state index contributed by atoms with van der Waals surface area (Å²) in [5.74, 6) is 1.78. The Balaban J connectivity index is 1.48. The molecule has 2 aromatic heterocycles. The summed E-state index contributed by atoms with van der Waals surface area (Å²) in [4.78, 5) is 16.9. The molecule has 0 aliphatic heterocycles. The Bertz CT molecular complexity index is 1200. The molecule has 1 fully saturated rings. The number of fused-ring (bicyclic) bond motifs is 1. The number of rotatable bonds is 7. The van der Waals surface area contributed by atoms with E-state index in [4.69, 9.17) is 0 Å². The van der Waals surface area contributed by atoms with E-state index in [1.807, 2.05) is 54.6 Å². The van der Waals surface area contributed by atoms with Crippen molar-refractivity contribution in [2.45, 2.75) is 43.8 Å². The first kappa shape index (κ1) is 19.1. The number of carbonyl (C=O) groups is 1. The van der Waals surface area contributed by atoms with Crippen LogP contribution in [-0.4, -0.2) is 31.3 Å². The number of hydrogen-bond acceptors (Lipinski definition) is 4. The van der Waals surface area contributed by atoms with Gasteiger partial charge in [-0.05, 0) is 24.5 Å². The number of aromatic nitrogens is 4. The zero-order valence-corrected chi connectivity index (χ0v) is 17.9. The quantitative estimate of drug-likeness (QED) is 0.303. The van der Waals surface area contributed by atoms with E-state index in [1.54, 1.807) is 0 Å². The number of thioether (sulfide) groups is 1. The molecule has 0 unspecified atom stereocenters. The fourth-order valence-electron chi connectivity index (χ4n) is 3.91. The average molecular weight is 417 g/mol. The molecule has 5 rings (SSSR count). The van der Waals surface area contributed by atoms with Crippen molar-refractivity contribution in [3.05, 3.63) is 66.0 Å². The Hall–Kier alpha value is -2.86. The molecule has 0 spiro atoms. The van der Waals surface area contributed by atoms with Crippen molar-refractivity contribution in [3.63, 3.8) is 0 Å². The maximum atomic E-state index is 13.4. The minimum Gasteiger partial charge on any atom is -0.354 e. The number of benzene rings is 2. The minimum atomic E-state index is 0.104. The van der Waals surface area contributed by atoms with Crippen LogP contribution in [0.1, 0.15) is 54.8 Å². The van der Waals surface area contributed by atoms with Crippen molar-refractivity contribution >= 4 is 28.4 Å². The van der Waals surface area contributed by atoms with Gasteiger partial charge in [-0.25, -0.2) is 0 Å². The van der Waals surface area contributed by atoms with E-state index in [2.05, 4.69) is 33.6 Å². The molecule has 1 aliphatic rings. The molecule has 1 N–H and O–H groups in total. The molecule has 0 amide bonds. The van der Waals surface area contributed by atoms with Crippen LogP contribution in [0.15, 0.2) is 59.8 Å². The normalized spacial score (nSPS) is 14.0. The molecule has 2 heterocycles. The Morgan fingerprint density at radius 1 is 1.10 bits per heavy atom. The third-order valence-corrected chi connectivity index (χ3v) is 6.44. The van der Waals surface area contributed by atoms with Crippen molar-refractivity contribution in [2.24, 2.45) is 0 Å². The molecule has 0 bridgehead atoms. The predicted molar refractivity (Wildman–Crippen MR) is 121 cm³/mol. The van der Waals surface area contributed by atoms with Crippen molar-refractivity contribution in [2.75, 3.05) is 5.75 Å². The van der Waals surface area contributed by atoms with Gasteiger partial charge in [0.15, 0.2) is 10.9 Å². The van der Waals surface area contributed by atoms with Crippen LogP contribution in [0.2, 0.25) is 0 Å². The van der Waals surface area contributed by atoms with E-state index in [9.17, 15) is 4.79 Å². The first-order valence-corrected chi connectivity index (χ1v) is 11.4. The maximum Gasteiger partial charge on any atom is 0.191 e. The molecule has 1 aliphatic carbocycles. The van der Waals surface area contributed by atoms with Gasteiger partial charge in [0, 0.05) is 22.9 Å². The number of carbonyl (C=O) groups excluding carboxylic acids is 1. The van der Waals surface area contributed by atoms with E-state index >= 15 is 0 Å². The summed E-state index contributed by atoms with van der Waals surface area (Å²) in [6, 6.07) is 18.5. The summed E-state index contributed by atoms with van der Waals surface area (Å²) in [6.07, 6.45) is 2.33. The molecule has 152 valence electrons. The van der Waals surface area contributed by atoms with Gasteiger partial charge >= 0.3 is 0 Å². The summed E-state index contributed by atoms with van der Waals surface area (Å²) in [7, 11) is 0. The molecule has 4 aromatic rings. The molecule has 2 aromatic carbocycles. The number of ketones is 1. The summed E-state index contributed by atoms with van der Waals surface area (Å²) >= 11 is 1.50. The SMILES string of the molecule is CC(C)c1nnc(SCC(=O)c2c(-c3ccccc3)[nH]c3ccccc23)n1C1CC1. The highest BCUT2D eigenvalue weighted by Gasteiger charge is 2.31. The number of aromatic amines is 1. The zero-order chi connectivity index (χ0) is 20.7. The second kappa shape index (κ2) is 7.76. The number of nitrogens with one attached hydrogen (secondary N) is 1. The highest BCUT2D eigenvalue weighted by atomic mass is 32.2. The van der Waals surface area contributed by atoms with Gasteiger partial charge in [-0.1, -0.05) is 74.1 Å². The van der Waals surface area contributed by atoms with Crippen molar-refractivity contribution in [1.82, 2.24) is 19.7 Å². The standard InChI is InChI=1S/C24H24N4OS/c1-15(2)23-26-27-24(28(23)17-12-13-17)30-14-20(29)21-18-10-6-7-11-19(18)25-22(21)16-8-4-3-5-9-16/h3-11,15,17,25H,12-14H2,1-2H3. The molecule has 0 atom stereocenters. The van der Waals surface area contributed by atoms with Gasteiger partial charge in [-0.3, -0.25) is 4.79 Å². The van der Waals surface area contributed by atoms with Crippen LogP contribution < -0.4 is 0 Å². The Morgan fingerprint density at radius 2 is 1.83 bits per heavy atom. The number of hydrogen-bond donors (Lipinski definition) is 1. The first-order valence-electron chi connectivity index (χ1n) is 10.4. The second-order valence-electron chi connectivity index (χ2n) is 8.10. The first-order chi connectivity index (χ1) is 14.6. The van der Waals surface area contributed by atoms with Gasteiger partial charge < -0.3 is 9.55 Å². The smallest absolute Gasteiger partial charge is 0.191 e. The lowest BCUT2D eigenvalue weighted by molar-refractivity contribution is 0.102. The number of Topliss-reactive ketones (excluding diaryl/α,β-unsaturated/α-hetero) is 1. The average Bonchev–Trinajstić information content (AvgIpc) is 3.39. The van der Waals surface area contributed by atoms with Crippen LogP contribution in [-0.2, 0) is 0 Å². The number of H-pyrrole nitrogens is 1. The lowest BCUT2D eigenvalue weighted by Gasteiger charge is -2.10. The maximum absolute atomic E-state index is 13.4. The van der Waals surface area contributed by atoms with Gasteiger partial charge in [-0.2, -0.15) is 0 Å². The molecule has 0 saturated heterocycles. The Morgan fingerprint density at radius 3 is 2.57 bits per heavy atom. The third-order valence-electron chi connectivity index (χ3n) is 5.50. The van der Waals surface area contributed by atoms with Crippen LogP contribution in [0.4, 0.5) is 0 Å². The van der Waals surface area contributed by atoms with Crippen LogP contribution in [0, 0.1) is 0 Å². The third kappa shape index (κ3) is 3.45. The van der Waals surface area contributed by atoms with Crippen LogP contribution in [0.5, 0.6) is 0 Å². The Labute approximate surface area is 179 Å². The van der Waals surface area contributed by atoms with Crippen LogP contribution >= 0.6 is 11.8 Å². The lowest BCUT2D eigenvalue weighted by Crippen LogP contribution is -2.07. The predicted octanol–water partition coefficient (Wildman–Crippen LogP) is 5.86. The molecule has 5 nitrogen and oxygen atoms in total. The van der Waals surface area contributed by atoms with E-state index in [0.29, 0.717) is 17.7 Å². The highest BCUT2D eigenvalue weighted by molar-refractivity contribution is 7.99. The van der Waals surface area contributed by atoms with Crippen LogP contribution in [0.3, 0.4) is 0 Å². The van der Waals surface area contributed by atoms with Crippen LogP contribution in [0.25, 0.3) is 22.2 Å². The van der Waals surface area contributed by atoms with E-state index in [0.717, 1.165) is 38.7 Å². The molecule has 30 heavy (non-hydrogen) atoms. The van der Waals surface area contributed by atoms with Crippen molar-refractivity contribution in [3.8, 4) is 11.3 Å². The van der Waals surface area contributed by atoms with Crippen molar-refractivity contribution < 1.29 is 4.79 Å². The zero-order valence-electron chi connectivity index (χ0n) is 17.1. The summed E-state index contributed by atoms with van der Waals surface area (Å²) < 4.78 is 2.25. The van der Waals surface area contributed by atoms with Gasteiger partial charge in [0.2, 0.25) is 0 Å². The molecule has 0 radical (unpaired) electrons. The lowest BCUT2D eigenvalue weighted by atomic mass is 10.0. The topological polar surface area (TPSA) is 63.6 Å². The van der Waals surface area contributed by atoms with E-state index in [1.165, 1.54) is 24.6 Å². The van der Waals surface area contributed by atoms with E-state index < -0.39 is 0 Å². The van der Waals surface area contributed by atoms with Gasteiger partial charge in [0.1, 0.15) is 5.82 Å². The fraction of sp³-hybridized carbons (Fsp3) is 0.292. The monoisotopic (exact) mass is 416 g/mol. The van der Waals surface area contributed by atoms with Gasteiger partial charge in [-0.15, -0.1) is 10.2 Å². The summed E-state index contributed by atoms with van der Waals surface area (Å²) in [6.45, 7) is 4.28.